The molecule has 6 heteroatoms. The first-order valence-corrected chi connectivity index (χ1v) is 8.91. The molecule has 2 unspecified atom stereocenters. The van der Waals surface area contributed by atoms with Crippen molar-refractivity contribution in [3.8, 4) is 5.75 Å². The zero-order chi connectivity index (χ0) is 18.2. The Bertz CT molecular complexity index is 591. The van der Waals surface area contributed by atoms with E-state index in [0.717, 1.165) is 24.3 Å². The number of nitrogens with one attached hydrogen (secondary N) is 1. The Balaban J connectivity index is 1.81. The monoisotopic (exact) mass is 348 g/mol. The number of rotatable bonds is 8. The predicted octanol–water partition coefficient (Wildman–Crippen LogP) is 2.13. The summed E-state index contributed by atoms with van der Waals surface area (Å²) in [5.41, 5.74) is 0.984. The van der Waals surface area contributed by atoms with Crippen LogP contribution < -0.4 is 10.1 Å². The Hall–Kier alpha value is -2.08. The number of nitrogens with zero attached hydrogens (tertiary/aromatic N) is 1. The zero-order valence-electron chi connectivity index (χ0n) is 15.0. The maximum absolute atomic E-state index is 12.2. The Morgan fingerprint density at radius 1 is 1.36 bits per heavy atom. The largest absolute Gasteiger partial charge is 0.494 e. The van der Waals surface area contributed by atoms with Crippen LogP contribution in [0, 0.1) is 11.8 Å². The minimum Gasteiger partial charge on any atom is -0.494 e. The number of carboxylic acid groups (broad SMARTS) is 1. The van der Waals surface area contributed by atoms with Crippen molar-refractivity contribution in [1.29, 1.82) is 0 Å². The van der Waals surface area contributed by atoms with Crippen molar-refractivity contribution >= 4 is 11.9 Å². The number of hydrogen-bond acceptors (Lipinski definition) is 4. The Morgan fingerprint density at radius 2 is 2.16 bits per heavy atom. The smallest absolute Gasteiger partial charge is 0.307 e. The summed E-state index contributed by atoms with van der Waals surface area (Å²) in [6, 6.07) is 7.69. The van der Waals surface area contributed by atoms with Crippen molar-refractivity contribution in [2.45, 2.75) is 33.2 Å². The van der Waals surface area contributed by atoms with E-state index in [1.165, 1.54) is 0 Å². The molecule has 2 N–H and O–H groups in total. The van der Waals surface area contributed by atoms with Crippen molar-refractivity contribution in [1.82, 2.24) is 10.2 Å². The Kier molecular flexibility index (Phi) is 7.25. The van der Waals surface area contributed by atoms with Gasteiger partial charge in [-0.1, -0.05) is 26.0 Å². The first kappa shape index (κ1) is 19.2. The van der Waals surface area contributed by atoms with Gasteiger partial charge in [0.15, 0.2) is 0 Å². The Labute approximate surface area is 149 Å². The molecule has 0 aliphatic carbocycles. The summed E-state index contributed by atoms with van der Waals surface area (Å²) in [4.78, 5) is 25.3. The fourth-order valence-corrected chi connectivity index (χ4v) is 3.19. The highest BCUT2D eigenvalue weighted by molar-refractivity contribution is 5.78. The van der Waals surface area contributed by atoms with Crippen molar-refractivity contribution in [3.05, 3.63) is 29.8 Å². The molecular weight excluding hydrogens is 320 g/mol. The van der Waals surface area contributed by atoms with Crippen molar-refractivity contribution in [2.75, 3.05) is 26.2 Å². The van der Waals surface area contributed by atoms with E-state index >= 15 is 0 Å². The highest BCUT2D eigenvalue weighted by atomic mass is 16.5. The number of piperidine rings is 1. The van der Waals surface area contributed by atoms with E-state index in [0.29, 0.717) is 26.1 Å². The van der Waals surface area contributed by atoms with Gasteiger partial charge in [-0.05, 0) is 36.5 Å². The lowest BCUT2D eigenvalue weighted by Gasteiger charge is -2.34. The molecule has 2 atom stereocenters. The van der Waals surface area contributed by atoms with Gasteiger partial charge in [0, 0.05) is 19.6 Å². The molecule has 0 aromatic heterocycles. The summed E-state index contributed by atoms with van der Waals surface area (Å²) in [7, 11) is 0. The number of benzene rings is 1. The summed E-state index contributed by atoms with van der Waals surface area (Å²) in [5.74, 6) is -0.152. The van der Waals surface area contributed by atoms with E-state index in [9.17, 15) is 14.7 Å². The van der Waals surface area contributed by atoms with Crippen LogP contribution >= 0.6 is 0 Å². The van der Waals surface area contributed by atoms with Crippen LogP contribution in [0.5, 0.6) is 5.75 Å². The summed E-state index contributed by atoms with van der Waals surface area (Å²) in [6.07, 6.45) is 1.63. The highest BCUT2D eigenvalue weighted by Crippen LogP contribution is 2.21. The SMILES string of the molecule is CCCOc1cccc(CNC(=O)CN2CC(C)CC(C(=O)O)C2)c1. The van der Waals surface area contributed by atoms with Crippen LogP contribution in [-0.2, 0) is 16.1 Å². The lowest BCUT2D eigenvalue weighted by Crippen LogP contribution is -2.46. The molecule has 2 rings (SSSR count). The third kappa shape index (κ3) is 6.38. The van der Waals surface area contributed by atoms with Crippen LogP contribution in [0.25, 0.3) is 0 Å². The molecule has 1 amide bonds. The van der Waals surface area contributed by atoms with E-state index in [1.54, 1.807) is 0 Å². The topological polar surface area (TPSA) is 78.9 Å². The van der Waals surface area contributed by atoms with E-state index < -0.39 is 5.97 Å². The van der Waals surface area contributed by atoms with Crippen LogP contribution in [0.1, 0.15) is 32.3 Å². The van der Waals surface area contributed by atoms with Gasteiger partial charge in [0.1, 0.15) is 5.75 Å². The molecule has 6 nitrogen and oxygen atoms in total. The third-order valence-corrected chi connectivity index (χ3v) is 4.31. The molecule has 0 radical (unpaired) electrons. The number of likely N-dealkylation sites (tertiary alicyclic amines) is 1. The lowest BCUT2D eigenvalue weighted by molar-refractivity contribution is -0.145. The quantitative estimate of drug-likeness (QED) is 0.752. The van der Waals surface area contributed by atoms with Crippen LogP contribution in [0.3, 0.4) is 0 Å². The van der Waals surface area contributed by atoms with Gasteiger partial charge in [-0.25, -0.2) is 0 Å². The van der Waals surface area contributed by atoms with Crippen molar-refractivity contribution < 1.29 is 19.4 Å². The molecule has 1 aromatic carbocycles. The zero-order valence-corrected chi connectivity index (χ0v) is 15.0. The van der Waals surface area contributed by atoms with E-state index in [2.05, 4.69) is 12.2 Å². The van der Waals surface area contributed by atoms with Gasteiger partial charge in [-0.15, -0.1) is 0 Å². The first-order valence-electron chi connectivity index (χ1n) is 8.91. The summed E-state index contributed by atoms with van der Waals surface area (Å²) in [5, 5.41) is 12.1. The predicted molar refractivity (Wildman–Crippen MR) is 95.4 cm³/mol. The van der Waals surface area contributed by atoms with Gasteiger partial charge in [0.2, 0.25) is 5.91 Å². The molecule has 1 fully saturated rings. The second kappa shape index (κ2) is 9.42. The second-order valence-electron chi connectivity index (χ2n) is 6.84. The van der Waals surface area contributed by atoms with Gasteiger partial charge in [0.05, 0.1) is 19.1 Å². The van der Waals surface area contributed by atoms with E-state index in [4.69, 9.17) is 4.74 Å². The van der Waals surface area contributed by atoms with Gasteiger partial charge in [0.25, 0.3) is 0 Å². The van der Waals surface area contributed by atoms with Crippen LogP contribution in [0.15, 0.2) is 24.3 Å². The summed E-state index contributed by atoms with van der Waals surface area (Å²) in [6.45, 7) is 6.63. The molecule has 0 bridgehead atoms. The number of carbonyl (C=O) groups excluding carboxylic acids is 1. The molecule has 1 aliphatic rings. The maximum Gasteiger partial charge on any atom is 0.307 e. The molecule has 25 heavy (non-hydrogen) atoms. The fourth-order valence-electron chi connectivity index (χ4n) is 3.19. The van der Waals surface area contributed by atoms with Gasteiger partial charge >= 0.3 is 5.97 Å². The molecule has 1 aliphatic heterocycles. The third-order valence-electron chi connectivity index (χ3n) is 4.31. The Morgan fingerprint density at radius 3 is 2.88 bits per heavy atom. The lowest BCUT2D eigenvalue weighted by atomic mass is 9.90. The van der Waals surface area contributed by atoms with Gasteiger partial charge in [-0.2, -0.15) is 0 Å². The molecule has 138 valence electrons. The van der Waals surface area contributed by atoms with E-state index in [-0.39, 0.29) is 24.3 Å². The van der Waals surface area contributed by atoms with Gasteiger partial charge in [-0.3, -0.25) is 14.5 Å². The molecule has 1 aromatic rings. The van der Waals surface area contributed by atoms with Crippen molar-refractivity contribution in [2.24, 2.45) is 11.8 Å². The van der Waals surface area contributed by atoms with Crippen LogP contribution in [0.2, 0.25) is 0 Å². The van der Waals surface area contributed by atoms with Crippen LogP contribution in [-0.4, -0.2) is 48.1 Å². The number of hydrogen-bond donors (Lipinski definition) is 2. The first-order chi connectivity index (χ1) is 12.0. The van der Waals surface area contributed by atoms with Crippen LogP contribution in [0.4, 0.5) is 0 Å². The number of carboxylic acids is 1. The average Bonchev–Trinajstić information content (AvgIpc) is 2.58. The number of carbonyl (C=O) groups is 2. The summed E-state index contributed by atoms with van der Waals surface area (Å²) < 4.78 is 5.59. The highest BCUT2D eigenvalue weighted by Gasteiger charge is 2.30. The van der Waals surface area contributed by atoms with E-state index in [1.807, 2.05) is 36.1 Å². The summed E-state index contributed by atoms with van der Waals surface area (Å²) >= 11 is 0. The van der Waals surface area contributed by atoms with Gasteiger partial charge < -0.3 is 15.2 Å². The molecule has 1 heterocycles. The number of ether oxygens (including phenoxy) is 1. The van der Waals surface area contributed by atoms with Crippen molar-refractivity contribution in [3.63, 3.8) is 0 Å². The number of amides is 1. The molecule has 0 spiro atoms. The normalized spacial score (nSPS) is 20.9. The fraction of sp³-hybridized carbons (Fsp3) is 0.579. The standard InChI is InChI=1S/C19H28N2O4/c1-3-7-25-17-6-4-5-15(9-17)10-20-18(22)13-21-11-14(2)8-16(12-21)19(23)24/h4-6,9,14,16H,3,7-8,10-13H2,1-2H3,(H,20,22)(H,23,24). The number of aliphatic carboxylic acids is 1. The average molecular weight is 348 g/mol. The minimum atomic E-state index is -0.777. The minimum absolute atomic E-state index is 0.0851. The maximum atomic E-state index is 12.2. The second-order valence-corrected chi connectivity index (χ2v) is 6.84. The molecule has 1 saturated heterocycles. The molecule has 0 saturated carbocycles. The molecular formula is C19H28N2O4.